The van der Waals surface area contributed by atoms with E-state index in [1.54, 1.807) is 0 Å². The number of rotatable bonds is 5. The van der Waals surface area contributed by atoms with Gasteiger partial charge in [-0.25, -0.2) is 0 Å². The quantitative estimate of drug-likeness (QED) is 0.843. The maximum absolute atomic E-state index is 11.7. The standard InChI is InChI=1S/C15H16N2O/c18-15(17-14-9-5-2-6-10-14)11-12-16-13-7-3-1-4-8-13/h1-10,16H,11-12H2,(H,17,18). The van der Waals surface area contributed by atoms with Crippen LogP contribution in [0.15, 0.2) is 60.7 Å². The molecule has 0 aromatic heterocycles. The van der Waals surface area contributed by atoms with Gasteiger partial charge in [-0.2, -0.15) is 0 Å². The lowest BCUT2D eigenvalue weighted by atomic mass is 10.3. The lowest BCUT2D eigenvalue weighted by molar-refractivity contribution is -0.115. The zero-order valence-corrected chi connectivity index (χ0v) is 10.1. The first-order valence-corrected chi connectivity index (χ1v) is 5.98. The van der Waals surface area contributed by atoms with E-state index in [4.69, 9.17) is 0 Å². The number of carbonyl (C=O) groups is 1. The maximum atomic E-state index is 11.7. The van der Waals surface area contributed by atoms with Crippen LogP contribution in [0.3, 0.4) is 0 Å². The third-order valence-corrected chi connectivity index (χ3v) is 2.51. The molecule has 2 N–H and O–H groups in total. The maximum Gasteiger partial charge on any atom is 0.226 e. The summed E-state index contributed by atoms with van der Waals surface area (Å²) in [6.45, 7) is 0.628. The number of hydrogen-bond acceptors (Lipinski definition) is 2. The molecule has 1 amide bonds. The molecule has 18 heavy (non-hydrogen) atoms. The van der Waals surface area contributed by atoms with Crippen LogP contribution in [0.2, 0.25) is 0 Å². The van der Waals surface area contributed by atoms with Gasteiger partial charge in [0.2, 0.25) is 5.91 Å². The minimum Gasteiger partial charge on any atom is -0.385 e. The van der Waals surface area contributed by atoms with Gasteiger partial charge in [0, 0.05) is 24.3 Å². The number of amides is 1. The second kappa shape index (κ2) is 6.45. The predicted molar refractivity (Wildman–Crippen MR) is 74.6 cm³/mol. The lowest BCUT2D eigenvalue weighted by Crippen LogP contribution is -2.16. The Morgan fingerprint density at radius 1 is 0.833 bits per heavy atom. The van der Waals surface area contributed by atoms with Crippen molar-refractivity contribution < 1.29 is 4.79 Å². The highest BCUT2D eigenvalue weighted by molar-refractivity contribution is 5.90. The highest BCUT2D eigenvalue weighted by Crippen LogP contribution is 2.07. The molecule has 0 aliphatic rings. The SMILES string of the molecule is O=C(CCNc1ccccc1)Nc1ccccc1. The summed E-state index contributed by atoms with van der Waals surface area (Å²) in [4.78, 5) is 11.7. The summed E-state index contributed by atoms with van der Waals surface area (Å²) >= 11 is 0. The van der Waals surface area contributed by atoms with E-state index in [0.717, 1.165) is 11.4 Å². The molecule has 0 fully saturated rings. The summed E-state index contributed by atoms with van der Waals surface area (Å²) < 4.78 is 0. The van der Waals surface area contributed by atoms with Crippen molar-refractivity contribution in [1.29, 1.82) is 0 Å². The summed E-state index contributed by atoms with van der Waals surface area (Å²) in [5.41, 5.74) is 1.87. The summed E-state index contributed by atoms with van der Waals surface area (Å²) in [5, 5.41) is 6.05. The Morgan fingerprint density at radius 2 is 1.39 bits per heavy atom. The smallest absolute Gasteiger partial charge is 0.226 e. The molecular formula is C15H16N2O. The van der Waals surface area contributed by atoms with Crippen molar-refractivity contribution >= 4 is 17.3 Å². The predicted octanol–water partition coefficient (Wildman–Crippen LogP) is 3.13. The van der Waals surface area contributed by atoms with Gasteiger partial charge in [0.15, 0.2) is 0 Å². The van der Waals surface area contributed by atoms with E-state index < -0.39 is 0 Å². The Bertz CT molecular complexity index is 482. The highest BCUT2D eigenvalue weighted by Gasteiger charge is 2.01. The van der Waals surface area contributed by atoms with Crippen LogP contribution >= 0.6 is 0 Å². The molecular weight excluding hydrogens is 224 g/mol. The summed E-state index contributed by atoms with van der Waals surface area (Å²) in [7, 11) is 0. The van der Waals surface area contributed by atoms with Crippen LogP contribution < -0.4 is 10.6 Å². The fourth-order valence-electron chi connectivity index (χ4n) is 1.62. The second-order valence-electron chi connectivity index (χ2n) is 3.96. The van der Waals surface area contributed by atoms with Crippen LogP contribution in [0, 0.1) is 0 Å². The van der Waals surface area contributed by atoms with E-state index in [2.05, 4.69) is 10.6 Å². The van der Waals surface area contributed by atoms with Crippen LogP contribution in [0.1, 0.15) is 6.42 Å². The molecule has 0 bridgehead atoms. The lowest BCUT2D eigenvalue weighted by Gasteiger charge is -2.07. The Kier molecular flexibility index (Phi) is 4.36. The van der Waals surface area contributed by atoms with Gasteiger partial charge < -0.3 is 10.6 Å². The molecule has 0 aliphatic heterocycles. The average molecular weight is 240 g/mol. The third kappa shape index (κ3) is 3.94. The number of carbonyl (C=O) groups excluding carboxylic acids is 1. The molecule has 0 spiro atoms. The van der Waals surface area contributed by atoms with Crippen molar-refractivity contribution in [2.24, 2.45) is 0 Å². The van der Waals surface area contributed by atoms with Crippen LogP contribution in [-0.4, -0.2) is 12.5 Å². The molecule has 0 unspecified atom stereocenters. The van der Waals surface area contributed by atoms with Crippen molar-refractivity contribution in [2.45, 2.75) is 6.42 Å². The molecule has 0 aliphatic carbocycles. The van der Waals surface area contributed by atoms with Gasteiger partial charge in [-0.05, 0) is 24.3 Å². The molecule has 3 heteroatoms. The van der Waals surface area contributed by atoms with Crippen molar-refractivity contribution in [3.8, 4) is 0 Å². The van der Waals surface area contributed by atoms with Gasteiger partial charge in [0.05, 0.1) is 0 Å². The Morgan fingerprint density at radius 3 is 2.00 bits per heavy atom. The van der Waals surface area contributed by atoms with Crippen LogP contribution in [0.4, 0.5) is 11.4 Å². The number of hydrogen-bond donors (Lipinski definition) is 2. The minimum absolute atomic E-state index is 0.0182. The fourth-order valence-corrected chi connectivity index (χ4v) is 1.62. The van der Waals surface area contributed by atoms with Gasteiger partial charge >= 0.3 is 0 Å². The first kappa shape index (κ1) is 12.2. The molecule has 0 saturated carbocycles. The molecule has 3 nitrogen and oxygen atoms in total. The number of anilines is 2. The van der Waals surface area contributed by atoms with Gasteiger partial charge in [0.1, 0.15) is 0 Å². The zero-order chi connectivity index (χ0) is 12.6. The van der Waals surface area contributed by atoms with Crippen LogP contribution in [0.25, 0.3) is 0 Å². The number of para-hydroxylation sites is 2. The van der Waals surface area contributed by atoms with E-state index in [0.29, 0.717) is 13.0 Å². The largest absolute Gasteiger partial charge is 0.385 e. The second-order valence-corrected chi connectivity index (χ2v) is 3.96. The summed E-state index contributed by atoms with van der Waals surface area (Å²) in [5.74, 6) is 0.0182. The molecule has 92 valence electrons. The van der Waals surface area contributed by atoms with Crippen molar-refractivity contribution in [2.75, 3.05) is 17.2 Å². The molecule has 0 saturated heterocycles. The first-order valence-electron chi connectivity index (χ1n) is 5.98. The topological polar surface area (TPSA) is 41.1 Å². The average Bonchev–Trinajstić information content (AvgIpc) is 2.41. The zero-order valence-electron chi connectivity index (χ0n) is 10.1. The monoisotopic (exact) mass is 240 g/mol. The van der Waals surface area contributed by atoms with E-state index in [-0.39, 0.29) is 5.91 Å². The molecule has 2 aromatic carbocycles. The molecule has 2 aromatic rings. The molecule has 0 heterocycles. The van der Waals surface area contributed by atoms with Gasteiger partial charge in [-0.1, -0.05) is 36.4 Å². The Hall–Kier alpha value is -2.29. The first-order chi connectivity index (χ1) is 8.84. The third-order valence-electron chi connectivity index (χ3n) is 2.51. The van der Waals surface area contributed by atoms with Crippen molar-refractivity contribution in [3.63, 3.8) is 0 Å². The van der Waals surface area contributed by atoms with Gasteiger partial charge in [-0.15, -0.1) is 0 Å². The number of nitrogens with one attached hydrogen (secondary N) is 2. The van der Waals surface area contributed by atoms with E-state index >= 15 is 0 Å². The Labute approximate surface area is 107 Å². The van der Waals surface area contributed by atoms with Gasteiger partial charge in [-0.3, -0.25) is 4.79 Å². The normalized spacial score (nSPS) is 9.78. The molecule has 0 radical (unpaired) electrons. The minimum atomic E-state index is 0.0182. The highest BCUT2D eigenvalue weighted by atomic mass is 16.1. The van der Waals surface area contributed by atoms with Crippen LogP contribution in [-0.2, 0) is 4.79 Å². The molecule has 0 atom stereocenters. The van der Waals surface area contributed by atoms with E-state index in [9.17, 15) is 4.79 Å². The van der Waals surface area contributed by atoms with Crippen LogP contribution in [0.5, 0.6) is 0 Å². The van der Waals surface area contributed by atoms with E-state index in [1.165, 1.54) is 0 Å². The summed E-state index contributed by atoms with van der Waals surface area (Å²) in [6.07, 6.45) is 0.448. The fraction of sp³-hybridized carbons (Fsp3) is 0.133. The number of benzene rings is 2. The van der Waals surface area contributed by atoms with Crippen molar-refractivity contribution in [3.05, 3.63) is 60.7 Å². The van der Waals surface area contributed by atoms with E-state index in [1.807, 2.05) is 60.7 Å². The summed E-state index contributed by atoms with van der Waals surface area (Å²) in [6, 6.07) is 19.3. The van der Waals surface area contributed by atoms with Gasteiger partial charge in [0.25, 0.3) is 0 Å². The Balaban J connectivity index is 1.73. The van der Waals surface area contributed by atoms with Crippen molar-refractivity contribution in [1.82, 2.24) is 0 Å². The molecule has 2 rings (SSSR count).